The van der Waals surface area contributed by atoms with Crippen molar-refractivity contribution >= 4 is 20.9 Å². The van der Waals surface area contributed by atoms with Gasteiger partial charge in [-0.1, -0.05) is 48.0 Å². The van der Waals surface area contributed by atoms with Gasteiger partial charge in [0.05, 0.1) is 5.52 Å². The van der Waals surface area contributed by atoms with Gasteiger partial charge < -0.3 is 0 Å². The Labute approximate surface area is 149 Å². The number of benzene rings is 2. The molecule has 0 saturated carbocycles. The van der Waals surface area contributed by atoms with Gasteiger partial charge in [-0.2, -0.15) is 4.31 Å². The second-order valence-corrected chi connectivity index (χ2v) is 8.35. The maximum absolute atomic E-state index is 13.2. The van der Waals surface area contributed by atoms with E-state index >= 15 is 0 Å². The van der Waals surface area contributed by atoms with E-state index in [4.69, 9.17) is 0 Å². The first-order valence-corrected chi connectivity index (χ1v) is 9.65. The first kappa shape index (κ1) is 17.6. The van der Waals surface area contributed by atoms with Crippen LogP contribution in [0.1, 0.15) is 29.8 Å². The number of fused-ring (bicyclic) bond motifs is 1. The SMILES string of the molecule is Cc1ccc(C(C)N(C)S(=O)(=O)c2cccc3ccc(C)nc23)cc1. The van der Waals surface area contributed by atoms with Crippen molar-refractivity contribution in [1.82, 2.24) is 9.29 Å². The summed E-state index contributed by atoms with van der Waals surface area (Å²) in [6, 6.07) is 16.7. The monoisotopic (exact) mass is 354 g/mol. The van der Waals surface area contributed by atoms with Crippen LogP contribution >= 0.6 is 0 Å². The second-order valence-electron chi connectivity index (χ2n) is 6.39. The van der Waals surface area contributed by atoms with Crippen LogP contribution in [0, 0.1) is 13.8 Å². The molecule has 2 aromatic carbocycles. The summed E-state index contributed by atoms with van der Waals surface area (Å²) >= 11 is 0. The van der Waals surface area contributed by atoms with Gasteiger partial charge in [-0.3, -0.25) is 4.98 Å². The number of aryl methyl sites for hydroxylation is 2. The molecule has 0 aliphatic rings. The minimum atomic E-state index is -3.67. The molecule has 3 aromatic rings. The molecule has 4 nitrogen and oxygen atoms in total. The first-order valence-electron chi connectivity index (χ1n) is 8.21. The average molecular weight is 354 g/mol. The molecule has 0 bridgehead atoms. The summed E-state index contributed by atoms with van der Waals surface area (Å²) in [5, 5.41) is 0.822. The van der Waals surface area contributed by atoms with Crippen LogP contribution in [0.3, 0.4) is 0 Å². The van der Waals surface area contributed by atoms with Crippen molar-refractivity contribution in [1.29, 1.82) is 0 Å². The third-order valence-corrected chi connectivity index (χ3v) is 6.54. The fraction of sp³-hybridized carbons (Fsp3) is 0.250. The Morgan fingerprint density at radius 1 is 0.960 bits per heavy atom. The van der Waals surface area contributed by atoms with Gasteiger partial charge in [0.25, 0.3) is 0 Å². The lowest BCUT2D eigenvalue weighted by atomic mass is 10.1. The first-order chi connectivity index (χ1) is 11.8. The number of hydrogen-bond acceptors (Lipinski definition) is 3. The summed E-state index contributed by atoms with van der Waals surface area (Å²) in [6.07, 6.45) is 0. The largest absolute Gasteiger partial charge is 0.252 e. The van der Waals surface area contributed by atoms with Crippen LogP contribution in [0.15, 0.2) is 59.5 Å². The van der Waals surface area contributed by atoms with Crippen molar-refractivity contribution in [3.8, 4) is 0 Å². The normalized spacial score (nSPS) is 13.3. The lowest BCUT2D eigenvalue weighted by Gasteiger charge is -2.25. The van der Waals surface area contributed by atoms with E-state index in [2.05, 4.69) is 4.98 Å². The minimum Gasteiger partial charge on any atom is -0.252 e. The Bertz CT molecular complexity index is 1010. The average Bonchev–Trinajstić information content (AvgIpc) is 2.60. The standard InChI is InChI=1S/C20H22N2O2S/c1-14-8-11-17(12-9-14)16(3)22(4)25(23,24)19-7-5-6-18-13-10-15(2)21-20(18)19/h5-13,16H,1-4H3. The zero-order chi connectivity index (χ0) is 18.2. The predicted molar refractivity (Wildman–Crippen MR) is 101 cm³/mol. The molecule has 1 atom stereocenters. The lowest BCUT2D eigenvalue weighted by molar-refractivity contribution is 0.399. The molecule has 130 valence electrons. The molecule has 0 spiro atoms. The molecule has 0 fully saturated rings. The lowest BCUT2D eigenvalue weighted by Crippen LogP contribution is -2.30. The van der Waals surface area contributed by atoms with E-state index in [1.54, 1.807) is 19.2 Å². The van der Waals surface area contributed by atoms with Crippen LogP contribution in [-0.2, 0) is 10.0 Å². The molecular formula is C20H22N2O2S. The summed E-state index contributed by atoms with van der Waals surface area (Å²) < 4.78 is 27.9. The fourth-order valence-electron chi connectivity index (χ4n) is 2.84. The molecule has 25 heavy (non-hydrogen) atoms. The van der Waals surface area contributed by atoms with Gasteiger partial charge in [-0.25, -0.2) is 8.42 Å². The van der Waals surface area contributed by atoms with E-state index in [9.17, 15) is 8.42 Å². The topological polar surface area (TPSA) is 50.3 Å². The molecule has 0 saturated heterocycles. The van der Waals surface area contributed by atoms with Gasteiger partial charge in [-0.05, 0) is 38.5 Å². The molecule has 1 aromatic heterocycles. The van der Waals surface area contributed by atoms with E-state index in [1.807, 2.05) is 63.2 Å². The highest BCUT2D eigenvalue weighted by atomic mass is 32.2. The molecule has 3 rings (SSSR count). The number of para-hydroxylation sites is 1. The molecule has 0 aliphatic heterocycles. The minimum absolute atomic E-state index is 0.246. The van der Waals surface area contributed by atoms with Crippen molar-refractivity contribution < 1.29 is 8.42 Å². The number of hydrogen-bond donors (Lipinski definition) is 0. The smallest absolute Gasteiger partial charge is 0.245 e. The Kier molecular flexibility index (Phi) is 4.62. The zero-order valence-electron chi connectivity index (χ0n) is 14.9. The Morgan fingerprint density at radius 2 is 1.64 bits per heavy atom. The summed E-state index contributed by atoms with van der Waals surface area (Å²) in [4.78, 5) is 4.71. The highest BCUT2D eigenvalue weighted by molar-refractivity contribution is 7.89. The Hall–Kier alpha value is -2.24. The van der Waals surface area contributed by atoms with Gasteiger partial charge in [0.1, 0.15) is 4.90 Å². The highest BCUT2D eigenvalue weighted by Crippen LogP contribution is 2.29. The molecule has 1 heterocycles. The van der Waals surface area contributed by atoms with Gasteiger partial charge in [-0.15, -0.1) is 0 Å². The van der Waals surface area contributed by atoms with Crippen LogP contribution < -0.4 is 0 Å². The maximum atomic E-state index is 13.2. The molecule has 0 N–H and O–H groups in total. The maximum Gasteiger partial charge on any atom is 0.245 e. The van der Waals surface area contributed by atoms with Crippen molar-refractivity contribution in [2.45, 2.75) is 31.7 Å². The van der Waals surface area contributed by atoms with E-state index in [0.717, 1.165) is 22.2 Å². The summed E-state index contributed by atoms with van der Waals surface area (Å²) in [5.41, 5.74) is 3.42. The third-order valence-electron chi connectivity index (χ3n) is 4.58. The second kappa shape index (κ2) is 6.58. The van der Waals surface area contributed by atoms with Crippen molar-refractivity contribution in [2.75, 3.05) is 7.05 Å². The van der Waals surface area contributed by atoms with Crippen LogP contribution in [-0.4, -0.2) is 24.8 Å². The van der Waals surface area contributed by atoms with Crippen molar-refractivity contribution in [3.63, 3.8) is 0 Å². The number of nitrogens with zero attached hydrogens (tertiary/aromatic N) is 2. The van der Waals surface area contributed by atoms with Gasteiger partial charge in [0.2, 0.25) is 10.0 Å². The van der Waals surface area contributed by atoms with Crippen molar-refractivity contribution in [3.05, 3.63) is 71.4 Å². The van der Waals surface area contributed by atoms with E-state index in [1.165, 1.54) is 4.31 Å². The number of sulfonamides is 1. The van der Waals surface area contributed by atoms with Crippen LogP contribution in [0.4, 0.5) is 0 Å². The molecular weight excluding hydrogens is 332 g/mol. The predicted octanol–water partition coefficient (Wildman–Crippen LogP) is 4.23. The van der Waals surface area contributed by atoms with Crippen LogP contribution in [0.2, 0.25) is 0 Å². The van der Waals surface area contributed by atoms with Crippen molar-refractivity contribution in [2.24, 2.45) is 0 Å². The molecule has 1 unspecified atom stereocenters. The number of pyridine rings is 1. The van der Waals surface area contributed by atoms with Gasteiger partial charge in [0, 0.05) is 24.2 Å². The molecule has 0 amide bonds. The van der Waals surface area contributed by atoms with Crippen LogP contribution in [0.5, 0.6) is 0 Å². The Morgan fingerprint density at radius 3 is 2.32 bits per heavy atom. The number of rotatable bonds is 4. The van der Waals surface area contributed by atoms with E-state index < -0.39 is 10.0 Å². The van der Waals surface area contributed by atoms with E-state index in [0.29, 0.717) is 5.52 Å². The Balaban J connectivity index is 2.07. The quantitative estimate of drug-likeness (QED) is 0.704. The number of aromatic nitrogens is 1. The fourth-order valence-corrected chi connectivity index (χ4v) is 4.35. The summed E-state index contributed by atoms with van der Waals surface area (Å²) in [5.74, 6) is 0. The molecule has 0 aliphatic carbocycles. The van der Waals surface area contributed by atoms with Gasteiger partial charge >= 0.3 is 0 Å². The summed E-state index contributed by atoms with van der Waals surface area (Å²) in [7, 11) is -2.05. The molecule has 5 heteroatoms. The zero-order valence-corrected chi connectivity index (χ0v) is 15.7. The van der Waals surface area contributed by atoms with Crippen LogP contribution in [0.25, 0.3) is 10.9 Å². The van der Waals surface area contributed by atoms with Gasteiger partial charge in [0.15, 0.2) is 0 Å². The van der Waals surface area contributed by atoms with E-state index in [-0.39, 0.29) is 10.9 Å². The summed E-state index contributed by atoms with van der Waals surface area (Å²) in [6.45, 7) is 5.77. The highest BCUT2D eigenvalue weighted by Gasteiger charge is 2.28. The molecule has 0 radical (unpaired) electrons. The third kappa shape index (κ3) is 3.30.